The zero-order chi connectivity index (χ0) is 19.9. The lowest BCUT2D eigenvalue weighted by atomic mass is 10.00. The standard InChI is InChI=1S/C18H11F4NO2S2/c19-13-4-2-10(5-14(13)20)12-3-1-9(8-17(12)26)11-6-15(21)18(16(22)7-11)27(23,24)25/h1-8,26H,(H2,23,24,25). The summed E-state index contributed by atoms with van der Waals surface area (Å²) in [6.07, 6.45) is 0. The molecule has 3 aromatic rings. The van der Waals surface area contributed by atoms with Crippen LogP contribution in [0.2, 0.25) is 0 Å². The molecule has 0 aromatic heterocycles. The van der Waals surface area contributed by atoms with E-state index < -0.39 is 38.2 Å². The molecule has 0 heterocycles. The maximum Gasteiger partial charge on any atom is 0.243 e. The maximum atomic E-state index is 14.0. The van der Waals surface area contributed by atoms with Crippen molar-refractivity contribution in [3.63, 3.8) is 0 Å². The Bertz CT molecular complexity index is 1140. The number of halogens is 4. The number of sulfonamides is 1. The predicted octanol–water partition coefficient (Wildman–Crippen LogP) is 4.51. The van der Waals surface area contributed by atoms with Gasteiger partial charge >= 0.3 is 0 Å². The third-order valence-corrected chi connectivity index (χ3v) is 5.17. The normalized spacial score (nSPS) is 11.6. The van der Waals surface area contributed by atoms with Crippen molar-refractivity contribution in [2.24, 2.45) is 5.14 Å². The molecular formula is C18H11F4NO2S2. The highest BCUT2D eigenvalue weighted by molar-refractivity contribution is 7.89. The average molecular weight is 413 g/mol. The van der Waals surface area contributed by atoms with Gasteiger partial charge in [0.1, 0.15) is 11.6 Å². The third-order valence-electron chi connectivity index (χ3n) is 3.84. The van der Waals surface area contributed by atoms with Gasteiger partial charge in [0.2, 0.25) is 10.0 Å². The number of thiol groups is 1. The van der Waals surface area contributed by atoms with Crippen molar-refractivity contribution < 1.29 is 26.0 Å². The van der Waals surface area contributed by atoms with E-state index in [4.69, 9.17) is 5.14 Å². The lowest BCUT2D eigenvalue weighted by Crippen LogP contribution is -2.16. The van der Waals surface area contributed by atoms with Crippen LogP contribution in [0.5, 0.6) is 0 Å². The van der Waals surface area contributed by atoms with E-state index in [1.54, 1.807) is 0 Å². The van der Waals surface area contributed by atoms with E-state index in [1.807, 2.05) is 0 Å². The molecule has 0 unspecified atom stereocenters. The Kier molecular flexibility index (Phi) is 5.02. The fourth-order valence-electron chi connectivity index (χ4n) is 2.62. The van der Waals surface area contributed by atoms with E-state index >= 15 is 0 Å². The van der Waals surface area contributed by atoms with Crippen LogP contribution in [0.25, 0.3) is 22.3 Å². The Labute approximate surface area is 157 Å². The van der Waals surface area contributed by atoms with Crippen molar-refractivity contribution in [3.8, 4) is 22.3 Å². The summed E-state index contributed by atoms with van der Waals surface area (Å²) in [4.78, 5) is -0.870. The highest BCUT2D eigenvalue weighted by Crippen LogP contribution is 2.33. The van der Waals surface area contributed by atoms with Gasteiger partial charge in [-0.1, -0.05) is 18.2 Å². The highest BCUT2D eigenvalue weighted by Gasteiger charge is 2.22. The fraction of sp³-hybridized carbons (Fsp3) is 0. The van der Waals surface area contributed by atoms with Gasteiger partial charge in [0, 0.05) is 4.90 Å². The molecule has 0 saturated carbocycles. The highest BCUT2D eigenvalue weighted by atomic mass is 32.2. The minimum Gasteiger partial charge on any atom is -0.224 e. The Morgan fingerprint density at radius 1 is 0.704 bits per heavy atom. The number of hydrogen-bond donors (Lipinski definition) is 2. The van der Waals surface area contributed by atoms with Gasteiger partial charge in [-0.05, 0) is 52.6 Å². The molecule has 0 aliphatic carbocycles. The zero-order valence-electron chi connectivity index (χ0n) is 13.4. The van der Waals surface area contributed by atoms with Crippen LogP contribution in [0, 0.1) is 23.3 Å². The summed E-state index contributed by atoms with van der Waals surface area (Å²) in [6, 6.07) is 9.49. The van der Waals surface area contributed by atoms with Gasteiger partial charge in [-0.2, -0.15) is 0 Å². The van der Waals surface area contributed by atoms with Crippen LogP contribution in [0.15, 0.2) is 58.3 Å². The molecule has 0 saturated heterocycles. The van der Waals surface area contributed by atoms with Gasteiger partial charge in [-0.25, -0.2) is 31.1 Å². The van der Waals surface area contributed by atoms with E-state index in [1.165, 1.54) is 24.3 Å². The molecule has 2 N–H and O–H groups in total. The second-order valence-electron chi connectivity index (χ2n) is 5.67. The minimum atomic E-state index is -4.55. The van der Waals surface area contributed by atoms with E-state index in [-0.39, 0.29) is 5.56 Å². The third kappa shape index (κ3) is 3.85. The van der Waals surface area contributed by atoms with Crippen molar-refractivity contribution in [1.82, 2.24) is 0 Å². The molecule has 0 aliphatic heterocycles. The fourth-order valence-corrected chi connectivity index (χ4v) is 3.62. The molecule has 0 fully saturated rings. The summed E-state index contributed by atoms with van der Waals surface area (Å²) in [5.74, 6) is -4.65. The van der Waals surface area contributed by atoms with E-state index in [2.05, 4.69) is 12.6 Å². The molecule has 0 aliphatic rings. The predicted molar refractivity (Wildman–Crippen MR) is 95.8 cm³/mol. The molecule has 3 aromatic carbocycles. The molecule has 0 radical (unpaired) electrons. The number of primary sulfonamides is 1. The molecular weight excluding hydrogens is 402 g/mol. The lowest BCUT2D eigenvalue weighted by molar-refractivity contribution is 0.509. The molecule has 3 nitrogen and oxygen atoms in total. The van der Waals surface area contributed by atoms with Gasteiger partial charge in [0.05, 0.1) is 0 Å². The minimum absolute atomic E-state index is 0.0598. The molecule has 140 valence electrons. The van der Waals surface area contributed by atoms with Gasteiger partial charge in [-0.3, -0.25) is 0 Å². The van der Waals surface area contributed by atoms with Crippen molar-refractivity contribution >= 4 is 22.7 Å². The first kappa shape index (κ1) is 19.4. The second kappa shape index (κ2) is 6.99. The van der Waals surface area contributed by atoms with E-state index in [0.29, 0.717) is 21.6 Å². The summed E-state index contributed by atoms with van der Waals surface area (Å²) in [6.45, 7) is 0. The number of nitrogens with two attached hydrogens (primary N) is 1. The number of benzene rings is 3. The van der Waals surface area contributed by atoms with E-state index in [9.17, 15) is 26.0 Å². The largest absolute Gasteiger partial charge is 0.243 e. The average Bonchev–Trinajstić information content (AvgIpc) is 2.55. The lowest BCUT2D eigenvalue weighted by Gasteiger charge is -2.11. The van der Waals surface area contributed by atoms with Crippen molar-refractivity contribution in [3.05, 3.63) is 71.8 Å². The Hall–Kier alpha value is -2.36. The van der Waals surface area contributed by atoms with Crippen LogP contribution >= 0.6 is 12.6 Å². The van der Waals surface area contributed by atoms with Crippen molar-refractivity contribution in [2.75, 3.05) is 0 Å². The summed E-state index contributed by atoms with van der Waals surface area (Å²) in [5, 5.41) is 4.80. The molecule has 0 spiro atoms. The van der Waals surface area contributed by atoms with Gasteiger partial charge in [0.15, 0.2) is 16.5 Å². The Morgan fingerprint density at radius 2 is 1.26 bits per heavy atom. The quantitative estimate of drug-likeness (QED) is 0.490. The van der Waals surface area contributed by atoms with Crippen LogP contribution in [0.3, 0.4) is 0 Å². The summed E-state index contributed by atoms with van der Waals surface area (Å²) in [7, 11) is -4.55. The second-order valence-corrected chi connectivity index (χ2v) is 7.65. The van der Waals surface area contributed by atoms with Crippen molar-refractivity contribution in [2.45, 2.75) is 9.79 Å². The van der Waals surface area contributed by atoms with Crippen LogP contribution in [0.4, 0.5) is 17.6 Å². The SMILES string of the molecule is NS(=O)(=O)c1c(F)cc(-c2ccc(-c3ccc(F)c(F)c3)c(S)c2)cc1F. The van der Waals surface area contributed by atoms with Crippen molar-refractivity contribution in [1.29, 1.82) is 0 Å². The number of hydrogen-bond acceptors (Lipinski definition) is 3. The molecule has 0 amide bonds. The Balaban J connectivity index is 2.07. The summed E-state index contributed by atoms with van der Waals surface area (Å²) in [5.41, 5.74) is 1.24. The zero-order valence-corrected chi connectivity index (χ0v) is 15.1. The number of rotatable bonds is 3. The maximum absolute atomic E-state index is 14.0. The van der Waals surface area contributed by atoms with Crippen LogP contribution in [-0.4, -0.2) is 8.42 Å². The first-order valence-corrected chi connectivity index (χ1v) is 9.38. The topological polar surface area (TPSA) is 60.2 Å². The molecule has 3 rings (SSSR count). The summed E-state index contributed by atoms with van der Waals surface area (Å²) < 4.78 is 77.1. The first-order valence-electron chi connectivity index (χ1n) is 7.38. The molecule has 0 atom stereocenters. The molecule has 0 bridgehead atoms. The first-order chi connectivity index (χ1) is 12.6. The summed E-state index contributed by atoms with van der Waals surface area (Å²) >= 11 is 4.29. The monoisotopic (exact) mass is 413 g/mol. The van der Waals surface area contributed by atoms with Crippen LogP contribution < -0.4 is 5.14 Å². The molecule has 9 heteroatoms. The van der Waals surface area contributed by atoms with Gasteiger partial charge in [-0.15, -0.1) is 12.6 Å². The Morgan fingerprint density at radius 3 is 1.78 bits per heavy atom. The molecule has 27 heavy (non-hydrogen) atoms. The van der Waals surface area contributed by atoms with Crippen LogP contribution in [0.1, 0.15) is 0 Å². The van der Waals surface area contributed by atoms with Gasteiger partial charge in [0.25, 0.3) is 0 Å². The van der Waals surface area contributed by atoms with Crippen LogP contribution in [-0.2, 0) is 10.0 Å². The smallest absolute Gasteiger partial charge is 0.224 e. The van der Waals surface area contributed by atoms with Gasteiger partial charge < -0.3 is 0 Å². The van der Waals surface area contributed by atoms with E-state index in [0.717, 1.165) is 24.3 Å².